The van der Waals surface area contributed by atoms with Crippen LogP contribution in [0.25, 0.3) is 0 Å². The second-order valence-corrected chi connectivity index (χ2v) is 5.81. The molecule has 0 bridgehead atoms. The zero-order chi connectivity index (χ0) is 14.8. The van der Waals surface area contributed by atoms with Crippen LogP contribution in [0.5, 0.6) is 0 Å². The molecule has 0 aromatic heterocycles. The van der Waals surface area contributed by atoms with Crippen molar-refractivity contribution in [1.29, 1.82) is 5.26 Å². The molecule has 0 saturated carbocycles. The first-order chi connectivity index (χ1) is 9.53. The summed E-state index contributed by atoms with van der Waals surface area (Å²) in [5.41, 5.74) is 0.893. The molecule has 0 fully saturated rings. The summed E-state index contributed by atoms with van der Waals surface area (Å²) in [6.07, 6.45) is 8.04. The monoisotopic (exact) mass is 274 g/mol. The fourth-order valence-electron chi connectivity index (χ4n) is 3.58. The van der Waals surface area contributed by atoms with Crippen molar-refractivity contribution in [3.8, 4) is 6.07 Å². The molecule has 1 unspecified atom stereocenters. The minimum absolute atomic E-state index is 0.0956. The predicted octanol–water partition coefficient (Wildman–Crippen LogP) is 2.68. The highest BCUT2D eigenvalue weighted by molar-refractivity contribution is 5.90. The van der Waals surface area contributed by atoms with Crippen molar-refractivity contribution < 1.29 is 9.53 Å². The van der Waals surface area contributed by atoms with E-state index in [0.717, 1.165) is 37.0 Å². The van der Waals surface area contributed by atoms with Gasteiger partial charge < -0.3 is 10.1 Å². The number of ether oxygens (including phenoxy) is 1. The molecule has 4 nitrogen and oxygen atoms in total. The molecule has 0 radical (unpaired) electrons. The van der Waals surface area contributed by atoms with Crippen LogP contribution in [0.15, 0.2) is 23.4 Å². The highest BCUT2D eigenvalue weighted by Gasteiger charge is 2.46. The molecule has 108 valence electrons. The molecule has 1 aliphatic carbocycles. The fraction of sp³-hybridized carbons (Fsp3) is 0.625. The Bertz CT molecular complexity index is 501. The number of nitriles is 1. The van der Waals surface area contributed by atoms with Crippen molar-refractivity contribution in [2.24, 2.45) is 11.8 Å². The topological polar surface area (TPSA) is 62.1 Å². The van der Waals surface area contributed by atoms with Crippen LogP contribution in [0.1, 0.15) is 39.5 Å². The van der Waals surface area contributed by atoms with Crippen LogP contribution in [-0.4, -0.2) is 18.6 Å². The van der Waals surface area contributed by atoms with Gasteiger partial charge in [-0.2, -0.15) is 5.26 Å². The third kappa shape index (κ3) is 2.45. The molecule has 20 heavy (non-hydrogen) atoms. The number of nitrogens with zero attached hydrogens (tertiary/aromatic N) is 1. The Balaban J connectivity index is 2.48. The molecule has 3 atom stereocenters. The summed E-state index contributed by atoms with van der Waals surface area (Å²) in [5.74, 6) is -0.0388. The van der Waals surface area contributed by atoms with Gasteiger partial charge in [-0.05, 0) is 45.4 Å². The third-order valence-electron chi connectivity index (χ3n) is 4.54. The standard InChI is InChI=1S/C16H22N2O2/c1-11-14(15(19)20-3)12-8-6-4-5-7-9-13(12)16(2,10-17)18-11/h4-5,12-13,18H,6-9H2,1-3H3/b5-4-/t12-,13-,16?/m1/s1. The third-order valence-corrected chi connectivity index (χ3v) is 4.54. The Morgan fingerprint density at radius 1 is 1.45 bits per heavy atom. The Morgan fingerprint density at radius 2 is 2.10 bits per heavy atom. The van der Waals surface area contributed by atoms with Crippen LogP contribution in [-0.2, 0) is 9.53 Å². The van der Waals surface area contributed by atoms with Crippen molar-refractivity contribution in [1.82, 2.24) is 5.32 Å². The van der Waals surface area contributed by atoms with Crippen molar-refractivity contribution in [2.75, 3.05) is 7.11 Å². The minimum atomic E-state index is -0.614. The van der Waals surface area contributed by atoms with Gasteiger partial charge in [-0.3, -0.25) is 0 Å². The van der Waals surface area contributed by atoms with Crippen molar-refractivity contribution in [3.05, 3.63) is 23.4 Å². The average molecular weight is 274 g/mol. The van der Waals surface area contributed by atoms with Gasteiger partial charge in [-0.1, -0.05) is 12.2 Å². The fourth-order valence-corrected chi connectivity index (χ4v) is 3.58. The Hall–Kier alpha value is -1.76. The van der Waals surface area contributed by atoms with E-state index in [9.17, 15) is 10.1 Å². The van der Waals surface area contributed by atoms with Crippen LogP contribution in [0.4, 0.5) is 0 Å². The lowest BCUT2D eigenvalue weighted by Crippen LogP contribution is -2.54. The van der Waals surface area contributed by atoms with Gasteiger partial charge in [0.05, 0.1) is 18.8 Å². The molecule has 1 N–H and O–H groups in total. The van der Waals surface area contributed by atoms with Crippen LogP contribution >= 0.6 is 0 Å². The number of esters is 1. The first kappa shape index (κ1) is 14.6. The van der Waals surface area contributed by atoms with Gasteiger partial charge >= 0.3 is 5.97 Å². The van der Waals surface area contributed by atoms with E-state index in [4.69, 9.17) is 4.74 Å². The first-order valence-electron chi connectivity index (χ1n) is 7.17. The maximum Gasteiger partial charge on any atom is 0.335 e. The van der Waals surface area contributed by atoms with E-state index in [1.165, 1.54) is 7.11 Å². The Labute approximate surface area is 120 Å². The Morgan fingerprint density at radius 3 is 2.70 bits per heavy atom. The van der Waals surface area contributed by atoms with E-state index in [2.05, 4.69) is 23.5 Å². The molecule has 2 rings (SSSR count). The van der Waals surface area contributed by atoms with Gasteiger partial charge in [0.25, 0.3) is 0 Å². The summed E-state index contributed by atoms with van der Waals surface area (Å²) in [5, 5.41) is 12.8. The molecule has 2 aliphatic rings. The summed E-state index contributed by atoms with van der Waals surface area (Å²) in [7, 11) is 1.42. The smallest absolute Gasteiger partial charge is 0.335 e. The highest BCUT2D eigenvalue weighted by atomic mass is 16.5. The van der Waals surface area contributed by atoms with Gasteiger partial charge in [0, 0.05) is 11.6 Å². The number of carbonyl (C=O) groups excluding carboxylic acids is 1. The number of hydrogen-bond donors (Lipinski definition) is 1. The number of hydrogen-bond acceptors (Lipinski definition) is 4. The zero-order valence-corrected chi connectivity index (χ0v) is 12.4. The van der Waals surface area contributed by atoms with E-state index < -0.39 is 5.54 Å². The second-order valence-electron chi connectivity index (χ2n) is 5.81. The lowest BCUT2D eigenvalue weighted by molar-refractivity contribution is -0.137. The maximum atomic E-state index is 12.1. The molecule has 0 aromatic carbocycles. The van der Waals surface area contributed by atoms with E-state index in [-0.39, 0.29) is 17.8 Å². The molecular weight excluding hydrogens is 252 g/mol. The largest absolute Gasteiger partial charge is 0.466 e. The highest BCUT2D eigenvalue weighted by Crippen LogP contribution is 2.42. The molecule has 0 saturated heterocycles. The Kier molecular flexibility index (Phi) is 4.17. The van der Waals surface area contributed by atoms with Gasteiger partial charge in [0.2, 0.25) is 0 Å². The lowest BCUT2D eigenvalue weighted by atomic mass is 9.66. The van der Waals surface area contributed by atoms with Crippen molar-refractivity contribution in [2.45, 2.75) is 45.1 Å². The molecule has 0 aromatic rings. The number of carbonyl (C=O) groups is 1. The second kappa shape index (κ2) is 5.70. The maximum absolute atomic E-state index is 12.1. The van der Waals surface area contributed by atoms with Crippen LogP contribution in [0.3, 0.4) is 0 Å². The molecule has 0 spiro atoms. The van der Waals surface area contributed by atoms with Gasteiger partial charge in [-0.25, -0.2) is 4.79 Å². The number of methoxy groups -OCH3 is 1. The number of allylic oxidation sites excluding steroid dienone is 3. The van der Waals surface area contributed by atoms with Gasteiger partial charge in [0.1, 0.15) is 5.54 Å². The van der Waals surface area contributed by atoms with E-state index in [0.29, 0.717) is 0 Å². The summed E-state index contributed by atoms with van der Waals surface area (Å²) < 4.78 is 4.95. The lowest BCUT2D eigenvalue weighted by Gasteiger charge is -2.44. The number of rotatable bonds is 1. The van der Waals surface area contributed by atoms with Gasteiger partial charge in [-0.15, -0.1) is 0 Å². The van der Waals surface area contributed by atoms with Crippen LogP contribution in [0.2, 0.25) is 0 Å². The van der Waals surface area contributed by atoms with Crippen LogP contribution < -0.4 is 5.32 Å². The molecule has 0 amide bonds. The molecule has 4 heteroatoms. The van der Waals surface area contributed by atoms with Crippen LogP contribution in [0, 0.1) is 23.2 Å². The van der Waals surface area contributed by atoms with Crippen molar-refractivity contribution in [3.63, 3.8) is 0 Å². The average Bonchev–Trinajstić information content (AvgIpc) is 2.39. The quantitative estimate of drug-likeness (QED) is 0.590. The van der Waals surface area contributed by atoms with Gasteiger partial charge in [0.15, 0.2) is 0 Å². The van der Waals surface area contributed by atoms with E-state index >= 15 is 0 Å². The first-order valence-corrected chi connectivity index (χ1v) is 7.17. The molecular formula is C16H22N2O2. The molecule has 1 heterocycles. The summed E-state index contributed by atoms with van der Waals surface area (Å²) in [6, 6.07) is 2.41. The number of fused-ring (bicyclic) bond motifs is 1. The predicted molar refractivity (Wildman–Crippen MR) is 76.5 cm³/mol. The van der Waals surface area contributed by atoms with E-state index in [1.807, 2.05) is 13.8 Å². The minimum Gasteiger partial charge on any atom is -0.466 e. The zero-order valence-electron chi connectivity index (χ0n) is 12.4. The SMILES string of the molecule is COC(=O)C1=C(C)NC(C)(C#N)[C@@H]2CC/C=C\CC[C@@H]12. The summed E-state index contributed by atoms with van der Waals surface area (Å²) in [6.45, 7) is 3.81. The molecule has 1 aliphatic heterocycles. The summed E-state index contributed by atoms with van der Waals surface area (Å²) in [4.78, 5) is 12.1. The summed E-state index contributed by atoms with van der Waals surface area (Å²) >= 11 is 0. The van der Waals surface area contributed by atoms with Crippen molar-refractivity contribution >= 4 is 5.97 Å². The van der Waals surface area contributed by atoms with E-state index in [1.54, 1.807) is 0 Å². The number of nitrogens with one attached hydrogen (secondary N) is 1. The normalized spacial score (nSPS) is 34.9.